The number of fused-ring (bicyclic) bond motifs is 2. The summed E-state index contributed by atoms with van der Waals surface area (Å²) in [6, 6.07) is 17.1. The number of amides is 7. The number of hydrogen-bond acceptors (Lipinski definition) is 10. The number of methoxy groups -OCH3 is 1. The van der Waals surface area contributed by atoms with E-state index in [1.54, 1.807) is 32.8 Å². The molecule has 0 bridgehead atoms. The van der Waals surface area contributed by atoms with E-state index in [1.807, 2.05) is 108 Å². The van der Waals surface area contributed by atoms with E-state index in [1.165, 1.54) is 17.6 Å². The first-order valence-corrected chi connectivity index (χ1v) is 26.2. The van der Waals surface area contributed by atoms with Crippen LogP contribution < -0.4 is 37.2 Å². The number of rotatable bonds is 19. The summed E-state index contributed by atoms with van der Waals surface area (Å²) in [5.74, 6) is -3.13. The first kappa shape index (κ1) is 57.1. The third kappa shape index (κ3) is 14.0. The van der Waals surface area contributed by atoms with Gasteiger partial charge in [0, 0.05) is 45.5 Å². The summed E-state index contributed by atoms with van der Waals surface area (Å²) in [4.78, 5) is 104. The normalized spacial score (nSPS) is 20.6. The predicted octanol–water partition coefficient (Wildman–Crippen LogP) is 3.59. The molecular formula is C57H81N9O8. The lowest BCUT2D eigenvalue weighted by Gasteiger charge is -2.42. The van der Waals surface area contributed by atoms with Crippen molar-refractivity contribution in [3.8, 4) is 0 Å². The van der Waals surface area contributed by atoms with Gasteiger partial charge < -0.3 is 51.8 Å². The van der Waals surface area contributed by atoms with Crippen molar-refractivity contribution in [2.24, 2.45) is 10.8 Å². The topological polar surface area (TPSA) is 219 Å². The molecule has 0 radical (unpaired) electrons. The second-order valence-corrected chi connectivity index (χ2v) is 22.5. The lowest BCUT2D eigenvalue weighted by atomic mass is 9.83. The maximum Gasteiger partial charge on any atom is 0.246 e. The van der Waals surface area contributed by atoms with Crippen LogP contribution in [0.4, 0.5) is 0 Å². The van der Waals surface area contributed by atoms with Gasteiger partial charge in [-0.25, -0.2) is 0 Å². The standard InChI is InChI=1S/C57H81N9O8/c1-34(58-9)49(67)63-47(56(3,4)5)54(72)65-32-40-29-38(24-25-39(40)30-45(65)52(70)61-43-23-17-21-37-20-15-16-22-42(37)43)41-31-46(66(33-41)55(73)48(57(6,7)8)64-50(68)35(2)59-10)53(71)62-44(51(69)60-26-27-74-11)28-36-18-13-12-14-19-36/h12-16,18-20,22,24-25,29,34-35,41,43-48,58-59H,17,21,23,26-28,30-33H2,1-11H3,(H,60,69)(H,61,70)(H,62,71)(H,63,67)(H,64,68)/t34-,35-,41-,43+,44-,45-,46-,47+,48+/m0/s1. The molecule has 0 aromatic heterocycles. The second-order valence-electron chi connectivity index (χ2n) is 22.5. The van der Waals surface area contributed by atoms with Crippen LogP contribution in [-0.2, 0) is 64.1 Å². The van der Waals surface area contributed by atoms with Gasteiger partial charge in [0.2, 0.25) is 41.4 Å². The average molecular weight is 1020 g/mol. The Morgan fingerprint density at radius 2 is 1.30 bits per heavy atom. The summed E-state index contributed by atoms with van der Waals surface area (Å²) in [5.41, 5.74) is 4.08. The van der Waals surface area contributed by atoms with Gasteiger partial charge in [-0.05, 0) is 97.8 Å². The highest BCUT2D eigenvalue weighted by Crippen LogP contribution is 2.38. The molecule has 2 heterocycles. The third-order valence-corrected chi connectivity index (χ3v) is 15.0. The molecule has 17 heteroatoms. The largest absolute Gasteiger partial charge is 0.383 e. The van der Waals surface area contributed by atoms with Gasteiger partial charge >= 0.3 is 0 Å². The fraction of sp³-hybridized carbons (Fsp3) is 0.561. The first-order chi connectivity index (χ1) is 35.1. The zero-order valence-corrected chi connectivity index (χ0v) is 45.4. The number of benzene rings is 3. The van der Waals surface area contributed by atoms with E-state index in [2.05, 4.69) is 43.3 Å². The van der Waals surface area contributed by atoms with Gasteiger partial charge in [0.05, 0.1) is 24.7 Å². The number of carbonyl (C=O) groups is 7. The van der Waals surface area contributed by atoms with E-state index < -0.39 is 76.8 Å². The Morgan fingerprint density at radius 3 is 1.91 bits per heavy atom. The van der Waals surface area contributed by atoms with Gasteiger partial charge in [0.1, 0.15) is 30.2 Å². The predicted molar refractivity (Wildman–Crippen MR) is 284 cm³/mol. The number of likely N-dealkylation sites (N-methyl/N-ethyl adjacent to an activating group) is 2. The van der Waals surface area contributed by atoms with Crippen LogP contribution in [-0.4, -0.2) is 134 Å². The van der Waals surface area contributed by atoms with E-state index in [0.29, 0.717) is 0 Å². The van der Waals surface area contributed by atoms with Gasteiger partial charge in [0.25, 0.3) is 0 Å². The fourth-order valence-electron chi connectivity index (χ4n) is 10.2. The number of hydrogen-bond donors (Lipinski definition) is 7. The van der Waals surface area contributed by atoms with Gasteiger partial charge in [-0.1, -0.05) is 114 Å². The molecule has 7 amide bonds. The monoisotopic (exact) mass is 1020 g/mol. The Labute approximate surface area is 437 Å². The van der Waals surface area contributed by atoms with E-state index in [0.717, 1.165) is 47.1 Å². The van der Waals surface area contributed by atoms with Crippen LogP contribution in [0.2, 0.25) is 0 Å². The lowest BCUT2D eigenvalue weighted by molar-refractivity contribution is -0.147. The summed E-state index contributed by atoms with van der Waals surface area (Å²) in [7, 11) is 4.87. The Hall–Kier alpha value is -6.17. The van der Waals surface area contributed by atoms with Crippen molar-refractivity contribution in [3.05, 3.63) is 106 Å². The van der Waals surface area contributed by atoms with Crippen LogP contribution in [0, 0.1) is 10.8 Å². The van der Waals surface area contributed by atoms with Crippen molar-refractivity contribution >= 4 is 41.4 Å². The average Bonchev–Trinajstić information content (AvgIpc) is 3.83. The summed E-state index contributed by atoms with van der Waals surface area (Å²) >= 11 is 0. The molecule has 2 aliphatic heterocycles. The molecule has 9 atom stereocenters. The minimum Gasteiger partial charge on any atom is -0.383 e. The molecule has 3 aromatic carbocycles. The van der Waals surface area contributed by atoms with Crippen LogP contribution in [0.3, 0.4) is 0 Å². The van der Waals surface area contributed by atoms with Crippen molar-refractivity contribution in [2.75, 3.05) is 40.9 Å². The molecule has 6 rings (SSSR count). The molecule has 402 valence electrons. The van der Waals surface area contributed by atoms with Crippen molar-refractivity contribution in [1.82, 2.24) is 47.0 Å². The van der Waals surface area contributed by atoms with Crippen LogP contribution >= 0.6 is 0 Å². The molecule has 0 saturated carbocycles. The Morgan fingerprint density at radius 1 is 0.689 bits per heavy atom. The summed E-state index contributed by atoms with van der Waals surface area (Å²) < 4.78 is 5.17. The highest BCUT2D eigenvalue weighted by atomic mass is 16.5. The van der Waals surface area contributed by atoms with Crippen LogP contribution in [0.25, 0.3) is 0 Å². The third-order valence-electron chi connectivity index (χ3n) is 15.0. The van der Waals surface area contributed by atoms with Gasteiger partial charge in [-0.15, -0.1) is 0 Å². The summed E-state index contributed by atoms with van der Waals surface area (Å²) in [6.07, 6.45) is 3.20. The van der Waals surface area contributed by atoms with Crippen LogP contribution in [0.5, 0.6) is 0 Å². The number of nitrogens with one attached hydrogen (secondary N) is 7. The number of carbonyl (C=O) groups excluding carboxylic acids is 7. The highest BCUT2D eigenvalue weighted by molar-refractivity contribution is 5.96. The maximum absolute atomic E-state index is 15.1. The van der Waals surface area contributed by atoms with Crippen molar-refractivity contribution in [1.29, 1.82) is 0 Å². The molecule has 3 aliphatic rings. The van der Waals surface area contributed by atoms with E-state index in [9.17, 15) is 24.0 Å². The molecule has 0 spiro atoms. The minimum absolute atomic E-state index is 0.0613. The Balaban J connectivity index is 1.37. The number of aryl methyl sites for hydroxylation is 1. The Bertz CT molecular complexity index is 2490. The van der Waals surface area contributed by atoms with Gasteiger partial charge in [-0.2, -0.15) is 0 Å². The van der Waals surface area contributed by atoms with Crippen molar-refractivity contribution in [3.63, 3.8) is 0 Å². The molecule has 74 heavy (non-hydrogen) atoms. The fourth-order valence-corrected chi connectivity index (χ4v) is 10.2. The van der Waals surface area contributed by atoms with Crippen molar-refractivity contribution < 1.29 is 38.3 Å². The van der Waals surface area contributed by atoms with Crippen LogP contribution in [0.15, 0.2) is 72.8 Å². The van der Waals surface area contributed by atoms with Gasteiger partial charge in [-0.3, -0.25) is 33.6 Å². The molecule has 1 fully saturated rings. The van der Waals surface area contributed by atoms with Gasteiger partial charge in [0.15, 0.2) is 0 Å². The number of ether oxygens (including phenoxy) is 1. The highest BCUT2D eigenvalue weighted by Gasteiger charge is 2.47. The zero-order valence-electron chi connectivity index (χ0n) is 45.4. The lowest BCUT2D eigenvalue weighted by Crippen LogP contribution is -2.62. The molecular weight excluding hydrogens is 939 g/mol. The minimum atomic E-state index is -1.04. The zero-order chi connectivity index (χ0) is 54.1. The number of nitrogens with zero attached hydrogens (tertiary/aromatic N) is 2. The second kappa shape index (κ2) is 24.9. The van der Waals surface area contributed by atoms with E-state index in [4.69, 9.17) is 4.74 Å². The summed E-state index contributed by atoms with van der Waals surface area (Å²) in [5, 5.41) is 21.0. The van der Waals surface area contributed by atoms with Crippen LogP contribution in [0.1, 0.15) is 120 Å². The first-order valence-electron chi connectivity index (χ1n) is 26.2. The molecule has 7 N–H and O–H groups in total. The molecule has 3 aromatic rings. The van der Waals surface area contributed by atoms with E-state index in [-0.39, 0.29) is 75.2 Å². The Kier molecular flexibility index (Phi) is 19.2. The SMILES string of the molecule is CN[C@@H](C)C(=O)N[C@H](C(=O)N1C[C@@H](c2ccc3c(c2)CN(C(=O)[C@@H](NC(=O)[C@H](C)NC)C(C)(C)C)[C@H](C(=O)N[C@@H]2CCCc4ccccc42)C3)C[C@H]1C(=O)N[C@@H](Cc1ccccc1)C(=O)NCCOC)C(C)(C)C. The van der Waals surface area contributed by atoms with Crippen molar-refractivity contribution in [2.45, 2.75) is 155 Å². The smallest absolute Gasteiger partial charge is 0.246 e. The molecule has 17 nitrogen and oxygen atoms in total. The maximum atomic E-state index is 15.1. The van der Waals surface area contributed by atoms with E-state index >= 15 is 9.59 Å². The number of likely N-dealkylation sites (tertiary alicyclic amines) is 1. The summed E-state index contributed by atoms with van der Waals surface area (Å²) in [6.45, 7) is 15.3. The quantitative estimate of drug-likeness (QED) is 0.0866. The molecule has 1 aliphatic carbocycles. The molecule has 0 unspecified atom stereocenters. The molecule has 1 saturated heterocycles.